The fourth-order valence-electron chi connectivity index (χ4n) is 10.7. The molecule has 0 amide bonds. The lowest BCUT2D eigenvalue weighted by molar-refractivity contribution is -0.197. The molecule has 0 aromatic heterocycles. The first-order chi connectivity index (χ1) is 23.0. The minimum absolute atomic E-state index is 0.0506. The highest BCUT2D eigenvalue weighted by atomic mass is 16.6. The van der Waals surface area contributed by atoms with E-state index in [9.17, 15) is 19.8 Å². The maximum absolute atomic E-state index is 13.1. The van der Waals surface area contributed by atoms with Crippen LogP contribution in [0, 0.1) is 39.9 Å². The monoisotopic (exact) mass is 684 g/mol. The Kier molecular flexibility index (Phi) is 13.1. The number of aliphatic hydroxyl groups excluding tert-OH is 3. The van der Waals surface area contributed by atoms with Gasteiger partial charge in [0.15, 0.2) is 0 Å². The molecule has 0 aromatic carbocycles. The Balaban J connectivity index is 1.55. The molecular formula is C42H68O7. The molecule has 0 aromatic rings. The second kappa shape index (κ2) is 16.2. The van der Waals surface area contributed by atoms with Crippen molar-refractivity contribution in [2.75, 3.05) is 6.61 Å². The van der Waals surface area contributed by atoms with Gasteiger partial charge in [-0.2, -0.15) is 0 Å². The van der Waals surface area contributed by atoms with Gasteiger partial charge in [0.25, 0.3) is 0 Å². The average molecular weight is 685 g/mol. The molecule has 7 heteroatoms. The molecule has 0 spiro atoms. The third kappa shape index (κ3) is 7.94. The van der Waals surface area contributed by atoms with Crippen LogP contribution in [0.25, 0.3) is 0 Å². The first-order valence-electron chi connectivity index (χ1n) is 19.5. The van der Waals surface area contributed by atoms with Crippen molar-refractivity contribution in [3.63, 3.8) is 0 Å². The topological polar surface area (TPSA) is 113 Å². The van der Waals surface area contributed by atoms with Gasteiger partial charge in [-0.1, -0.05) is 98.8 Å². The van der Waals surface area contributed by atoms with E-state index in [1.165, 1.54) is 23.6 Å². The zero-order chi connectivity index (χ0) is 36.3. The normalized spacial score (nSPS) is 34.1. The predicted octanol–water partition coefficient (Wildman–Crippen LogP) is 8.40. The van der Waals surface area contributed by atoms with Crippen molar-refractivity contribution >= 4 is 11.9 Å². The van der Waals surface area contributed by atoms with Crippen LogP contribution in [-0.4, -0.2) is 58.3 Å². The number of ether oxygens (including phenoxy) is 2. The summed E-state index contributed by atoms with van der Waals surface area (Å²) in [7, 11) is 0. The van der Waals surface area contributed by atoms with Crippen LogP contribution < -0.4 is 0 Å². The molecule has 0 radical (unpaired) electrons. The van der Waals surface area contributed by atoms with E-state index < -0.39 is 46.6 Å². The second-order valence-electron chi connectivity index (χ2n) is 17.4. The van der Waals surface area contributed by atoms with Crippen LogP contribution in [0.4, 0.5) is 0 Å². The van der Waals surface area contributed by atoms with Gasteiger partial charge in [0, 0.05) is 30.8 Å². The summed E-state index contributed by atoms with van der Waals surface area (Å²) in [5.41, 5.74) is 2.95. The van der Waals surface area contributed by atoms with Crippen molar-refractivity contribution in [3.8, 4) is 0 Å². The van der Waals surface area contributed by atoms with Gasteiger partial charge in [-0.3, -0.25) is 9.59 Å². The summed E-state index contributed by atoms with van der Waals surface area (Å²) < 4.78 is 12.3. The molecule has 0 bridgehead atoms. The maximum atomic E-state index is 13.1. The van der Waals surface area contributed by atoms with Crippen LogP contribution in [0.1, 0.15) is 145 Å². The zero-order valence-electron chi connectivity index (χ0n) is 32.0. The van der Waals surface area contributed by atoms with Gasteiger partial charge < -0.3 is 24.8 Å². The Morgan fingerprint density at radius 3 is 2.18 bits per heavy atom. The number of carbonyl (C=O) groups is 2. The lowest BCUT2D eigenvalue weighted by atomic mass is 9.45. The summed E-state index contributed by atoms with van der Waals surface area (Å²) >= 11 is 0. The summed E-state index contributed by atoms with van der Waals surface area (Å²) in [6.07, 6.45) is 11.2. The molecule has 3 N–H and O–H groups in total. The molecule has 278 valence electrons. The number of aliphatic hydroxyl groups is 3. The molecule has 0 heterocycles. The zero-order valence-corrected chi connectivity index (χ0v) is 32.0. The van der Waals surface area contributed by atoms with Gasteiger partial charge in [-0.25, -0.2) is 0 Å². The SMILES string of the molecule is C=C(CCC(C)C1CC=C2C3=C(C(O)C(OC(C)=O)C21C)C1(C)CC(O)C(OC(=O)CCCCCCCCCO)C(C)(C)C1CC3)C(C)C. The molecular weight excluding hydrogens is 616 g/mol. The lowest BCUT2D eigenvalue weighted by Gasteiger charge is -2.62. The molecule has 9 unspecified atom stereocenters. The molecule has 4 aliphatic carbocycles. The van der Waals surface area contributed by atoms with Gasteiger partial charge in [0.2, 0.25) is 0 Å². The highest BCUT2D eigenvalue weighted by molar-refractivity contribution is 5.70. The van der Waals surface area contributed by atoms with Crippen molar-refractivity contribution in [2.24, 2.45) is 39.9 Å². The molecule has 1 saturated carbocycles. The number of allylic oxidation sites excluding steroid dienone is 3. The molecule has 4 aliphatic rings. The largest absolute Gasteiger partial charge is 0.459 e. The van der Waals surface area contributed by atoms with Crippen LogP contribution in [-0.2, 0) is 19.1 Å². The van der Waals surface area contributed by atoms with E-state index in [0.29, 0.717) is 24.7 Å². The fraction of sp³-hybridized carbons (Fsp3) is 0.810. The van der Waals surface area contributed by atoms with E-state index >= 15 is 0 Å². The number of fused-ring (bicyclic) bond motifs is 4. The smallest absolute Gasteiger partial charge is 0.306 e. The standard InChI is InChI=1S/C42H68O7/c1-26(2)27(3)18-19-28(4)31-21-22-32-30-20-23-34-40(6,7)38(49-35(46)17-15-13-11-10-12-14-16-24-43)33(45)25-41(34,8)36(30)37(47)39(42(31,32)9)48-29(5)44/h22,26,28,31,33-34,37-39,43,45,47H,3,10-21,23-25H2,1-2,4-9H3. The van der Waals surface area contributed by atoms with Crippen molar-refractivity contribution in [1.29, 1.82) is 0 Å². The van der Waals surface area contributed by atoms with Gasteiger partial charge in [0.05, 0.1) is 6.10 Å². The highest BCUT2D eigenvalue weighted by Gasteiger charge is 2.65. The first-order valence-corrected chi connectivity index (χ1v) is 19.5. The number of rotatable bonds is 16. The molecule has 49 heavy (non-hydrogen) atoms. The quantitative estimate of drug-likeness (QED) is 0.0850. The van der Waals surface area contributed by atoms with Crippen molar-refractivity contribution in [3.05, 3.63) is 34.9 Å². The Hall–Kier alpha value is -1.96. The number of hydrogen-bond donors (Lipinski definition) is 3. The summed E-state index contributed by atoms with van der Waals surface area (Å²) in [6, 6.07) is 0. The van der Waals surface area contributed by atoms with Gasteiger partial charge in [-0.05, 0) is 97.2 Å². The highest BCUT2D eigenvalue weighted by Crippen LogP contribution is 2.67. The Labute approximate surface area is 297 Å². The average Bonchev–Trinajstić information content (AvgIpc) is 3.38. The Morgan fingerprint density at radius 2 is 1.57 bits per heavy atom. The van der Waals surface area contributed by atoms with Crippen molar-refractivity contribution < 1.29 is 34.4 Å². The number of hydrogen-bond acceptors (Lipinski definition) is 7. The van der Waals surface area contributed by atoms with Crippen LogP contribution in [0.15, 0.2) is 34.9 Å². The van der Waals surface area contributed by atoms with Crippen molar-refractivity contribution in [1.82, 2.24) is 0 Å². The Bertz CT molecular complexity index is 1260. The van der Waals surface area contributed by atoms with Crippen LogP contribution in [0.2, 0.25) is 0 Å². The minimum atomic E-state index is -0.988. The molecule has 1 fully saturated rings. The van der Waals surface area contributed by atoms with E-state index in [4.69, 9.17) is 14.6 Å². The minimum Gasteiger partial charge on any atom is -0.459 e. The van der Waals surface area contributed by atoms with E-state index in [2.05, 4.69) is 61.1 Å². The van der Waals surface area contributed by atoms with Gasteiger partial charge in [0.1, 0.15) is 18.3 Å². The summed E-state index contributed by atoms with van der Waals surface area (Å²) in [4.78, 5) is 25.7. The number of esters is 2. The molecule has 0 aliphatic heterocycles. The molecule has 0 saturated heterocycles. The van der Waals surface area contributed by atoms with Crippen LogP contribution >= 0.6 is 0 Å². The third-order valence-corrected chi connectivity index (χ3v) is 13.4. The maximum Gasteiger partial charge on any atom is 0.306 e. The lowest BCUT2D eigenvalue weighted by Crippen LogP contribution is -2.63. The molecule has 9 atom stereocenters. The van der Waals surface area contributed by atoms with Gasteiger partial charge in [-0.15, -0.1) is 0 Å². The van der Waals surface area contributed by atoms with E-state index in [1.54, 1.807) is 0 Å². The number of carbonyl (C=O) groups excluding carboxylic acids is 2. The molecule has 4 rings (SSSR count). The third-order valence-electron chi connectivity index (χ3n) is 13.4. The summed E-state index contributed by atoms with van der Waals surface area (Å²) in [5.74, 6) is 0.398. The fourth-order valence-corrected chi connectivity index (χ4v) is 10.7. The molecule has 7 nitrogen and oxygen atoms in total. The second-order valence-corrected chi connectivity index (χ2v) is 17.4. The number of unbranched alkanes of at least 4 members (excludes halogenated alkanes) is 6. The van der Waals surface area contributed by atoms with E-state index in [0.717, 1.165) is 82.6 Å². The van der Waals surface area contributed by atoms with Crippen molar-refractivity contribution in [2.45, 2.75) is 170 Å². The summed E-state index contributed by atoms with van der Waals surface area (Å²) in [6.45, 7) is 21.2. The van der Waals surface area contributed by atoms with E-state index in [1.807, 2.05) is 0 Å². The van der Waals surface area contributed by atoms with Gasteiger partial charge >= 0.3 is 11.9 Å². The van der Waals surface area contributed by atoms with E-state index in [-0.39, 0.29) is 24.4 Å². The summed E-state index contributed by atoms with van der Waals surface area (Å²) in [5, 5.41) is 33.1. The predicted molar refractivity (Wildman–Crippen MR) is 194 cm³/mol. The van der Waals surface area contributed by atoms with Crippen LogP contribution in [0.5, 0.6) is 0 Å². The van der Waals surface area contributed by atoms with Crippen LogP contribution in [0.3, 0.4) is 0 Å². The first kappa shape index (κ1) is 39.8. The Morgan fingerprint density at radius 1 is 0.939 bits per heavy atom.